The van der Waals surface area contributed by atoms with Crippen molar-refractivity contribution in [2.24, 2.45) is 0 Å². The van der Waals surface area contributed by atoms with Gasteiger partial charge in [0.15, 0.2) is 0 Å². The highest BCUT2D eigenvalue weighted by Crippen LogP contribution is 2.28. The summed E-state index contributed by atoms with van der Waals surface area (Å²) in [5.74, 6) is -0.303. The van der Waals surface area contributed by atoms with Crippen LogP contribution in [-0.2, 0) is 14.8 Å². The van der Waals surface area contributed by atoms with E-state index in [1.165, 1.54) is 22.5 Å². The van der Waals surface area contributed by atoms with Crippen LogP contribution in [0.3, 0.4) is 0 Å². The van der Waals surface area contributed by atoms with Gasteiger partial charge in [-0.3, -0.25) is 4.79 Å². The van der Waals surface area contributed by atoms with E-state index in [1.807, 2.05) is 32.9 Å². The fourth-order valence-electron chi connectivity index (χ4n) is 3.97. The van der Waals surface area contributed by atoms with Crippen molar-refractivity contribution in [2.45, 2.75) is 25.7 Å². The zero-order valence-corrected chi connectivity index (χ0v) is 18.9. The average Bonchev–Trinajstić information content (AvgIpc) is 2.75. The Hall–Kier alpha value is -3.01. The number of carbonyl (C=O) groups is 1. The van der Waals surface area contributed by atoms with E-state index >= 15 is 0 Å². The second kappa shape index (κ2) is 8.50. The predicted molar refractivity (Wildman–Crippen MR) is 120 cm³/mol. The lowest BCUT2D eigenvalue weighted by atomic mass is 10.1. The normalized spacial score (nSPS) is 15.1. The number of nitrogens with one attached hydrogen (secondary N) is 1. The second-order valence-corrected chi connectivity index (χ2v) is 9.83. The number of fused-ring (bicyclic) bond motifs is 1. The molecule has 1 N–H and O–H groups in total. The molecule has 0 aliphatic carbocycles. The van der Waals surface area contributed by atoms with E-state index in [1.54, 1.807) is 0 Å². The molecule has 0 unspecified atom stereocenters. The van der Waals surface area contributed by atoms with Crippen molar-refractivity contribution in [1.29, 1.82) is 0 Å². The molecule has 4 rings (SSSR count). The topological polar surface area (TPSA) is 106 Å². The maximum absolute atomic E-state index is 13.1. The zero-order valence-electron chi connectivity index (χ0n) is 18.1. The molecule has 1 aliphatic heterocycles. The second-order valence-electron chi connectivity index (χ2n) is 7.89. The van der Waals surface area contributed by atoms with Crippen molar-refractivity contribution in [3.8, 4) is 5.75 Å². The smallest absolute Gasteiger partial charge is 0.344 e. The molecule has 9 heteroatoms. The Morgan fingerprint density at radius 2 is 1.69 bits per heavy atom. The van der Waals surface area contributed by atoms with Gasteiger partial charge in [-0.1, -0.05) is 17.7 Å². The number of esters is 1. The van der Waals surface area contributed by atoms with Gasteiger partial charge in [0.1, 0.15) is 5.75 Å². The monoisotopic (exact) mass is 456 g/mol. The van der Waals surface area contributed by atoms with Crippen molar-refractivity contribution in [1.82, 2.24) is 9.29 Å². The summed E-state index contributed by atoms with van der Waals surface area (Å²) in [4.78, 5) is 27.9. The Kier molecular flexibility index (Phi) is 5.89. The number of aromatic amines is 1. The summed E-state index contributed by atoms with van der Waals surface area (Å²) in [5.41, 5.74) is 2.50. The quantitative estimate of drug-likeness (QED) is 0.478. The number of nitrogens with zero attached hydrogens (tertiary/aromatic N) is 1. The molecule has 3 aromatic rings. The summed E-state index contributed by atoms with van der Waals surface area (Å²) < 4.78 is 38.4. The molecule has 1 aliphatic rings. The van der Waals surface area contributed by atoms with Gasteiger partial charge in [0.2, 0.25) is 15.6 Å². The largest absolute Gasteiger partial charge is 0.422 e. The molecule has 1 fully saturated rings. The van der Waals surface area contributed by atoms with Crippen LogP contribution in [0.25, 0.3) is 10.9 Å². The van der Waals surface area contributed by atoms with Crippen LogP contribution >= 0.6 is 0 Å². The first-order chi connectivity index (χ1) is 15.2. The van der Waals surface area contributed by atoms with E-state index < -0.39 is 21.6 Å². The Morgan fingerprint density at radius 3 is 2.34 bits per heavy atom. The fourth-order valence-corrected chi connectivity index (χ4v) is 5.41. The van der Waals surface area contributed by atoms with Crippen LogP contribution in [0.5, 0.6) is 5.75 Å². The highest BCUT2D eigenvalue weighted by Gasteiger charge is 2.27. The maximum atomic E-state index is 13.1. The third-order valence-electron chi connectivity index (χ3n) is 5.44. The average molecular weight is 457 g/mol. The molecular weight excluding hydrogens is 432 g/mol. The van der Waals surface area contributed by atoms with Gasteiger partial charge in [-0.15, -0.1) is 0 Å². The number of pyridine rings is 1. The Bertz CT molecular complexity index is 1350. The van der Waals surface area contributed by atoms with Crippen LogP contribution in [0.4, 0.5) is 0 Å². The predicted octanol–water partition coefficient (Wildman–Crippen LogP) is 2.69. The molecule has 32 heavy (non-hydrogen) atoms. The Labute approximate surface area is 185 Å². The van der Waals surface area contributed by atoms with Gasteiger partial charge in [-0.2, -0.15) is 4.31 Å². The SMILES string of the molecule is Cc1cc(C)c(OC(=O)c2cc(=O)[nH]c3ccc(S(=O)(=O)N4CCOCC4)cc23)c(C)c1. The third kappa shape index (κ3) is 4.19. The molecular formula is C23H24N2O6S. The minimum Gasteiger partial charge on any atom is -0.422 e. The standard InChI is InChI=1S/C23H24N2O6S/c1-14-10-15(2)22(16(3)11-14)31-23(27)19-13-21(26)24-20-5-4-17(12-18(19)20)32(28,29)25-6-8-30-9-7-25/h4-5,10-13H,6-9H2,1-3H3,(H,24,26). The molecule has 1 aromatic heterocycles. The van der Waals surface area contributed by atoms with Gasteiger partial charge in [-0.25, -0.2) is 13.2 Å². The Balaban J connectivity index is 1.78. The first-order valence-electron chi connectivity index (χ1n) is 10.2. The number of aromatic nitrogens is 1. The lowest BCUT2D eigenvalue weighted by molar-refractivity contribution is 0.0730. The molecule has 2 aromatic carbocycles. The molecule has 0 saturated carbocycles. The minimum atomic E-state index is -3.77. The fraction of sp³-hybridized carbons (Fsp3) is 0.304. The number of aryl methyl sites for hydroxylation is 3. The van der Waals surface area contributed by atoms with Crippen molar-refractivity contribution in [3.63, 3.8) is 0 Å². The molecule has 1 saturated heterocycles. The number of rotatable bonds is 4. The number of H-pyrrole nitrogens is 1. The van der Waals surface area contributed by atoms with E-state index in [2.05, 4.69) is 4.98 Å². The molecule has 0 amide bonds. The number of benzene rings is 2. The third-order valence-corrected chi connectivity index (χ3v) is 7.34. The number of hydrogen-bond donors (Lipinski definition) is 1. The lowest BCUT2D eigenvalue weighted by Crippen LogP contribution is -2.40. The van der Waals surface area contributed by atoms with Crippen LogP contribution in [0.15, 0.2) is 46.1 Å². The van der Waals surface area contributed by atoms with Crippen LogP contribution < -0.4 is 10.3 Å². The van der Waals surface area contributed by atoms with Gasteiger partial charge in [0.05, 0.1) is 23.7 Å². The molecule has 8 nitrogen and oxygen atoms in total. The van der Waals surface area contributed by atoms with Gasteiger partial charge >= 0.3 is 5.97 Å². The van der Waals surface area contributed by atoms with Crippen molar-refractivity contribution in [2.75, 3.05) is 26.3 Å². The molecule has 168 valence electrons. The van der Waals surface area contributed by atoms with Crippen LogP contribution in [0, 0.1) is 20.8 Å². The van der Waals surface area contributed by atoms with Gasteiger partial charge < -0.3 is 14.5 Å². The van der Waals surface area contributed by atoms with Crippen molar-refractivity contribution in [3.05, 3.63) is 69.0 Å². The molecule has 2 heterocycles. The van der Waals surface area contributed by atoms with Crippen LogP contribution in [0.2, 0.25) is 0 Å². The van der Waals surface area contributed by atoms with Crippen LogP contribution in [0.1, 0.15) is 27.0 Å². The summed E-state index contributed by atoms with van der Waals surface area (Å²) in [5, 5.41) is 0.298. The van der Waals surface area contributed by atoms with Crippen molar-refractivity contribution < 1.29 is 22.7 Å². The van der Waals surface area contributed by atoms with Gasteiger partial charge in [-0.05, 0) is 50.1 Å². The van der Waals surface area contributed by atoms with Crippen LogP contribution in [-0.4, -0.2) is 50.0 Å². The molecule has 0 bridgehead atoms. The highest BCUT2D eigenvalue weighted by atomic mass is 32.2. The van der Waals surface area contributed by atoms with E-state index in [0.717, 1.165) is 22.8 Å². The molecule has 0 spiro atoms. The lowest BCUT2D eigenvalue weighted by Gasteiger charge is -2.26. The zero-order chi connectivity index (χ0) is 23.0. The van der Waals surface area contributed by atoms with E-state index in [0.29, 0.717) is 29.9 Å². The minimum absolute atomic E-state index is 0.00199. The molecule has 0 atom stereocenters. The summed E-state index contributed by atoms with van der Waals surface area (Å²) in [6.07, 6.45) is 0. The van der Waals surface area contributed by atoms with Gasteiger partial charge in [0.25, 0.3) is 0 Å². The summed E-state index contributed by atoms with van der Waals surface area (Å²) >= 11 is 0. The first-order valence-corrected chi connectivity index (χ1v) is 11.7. The van der Waals surface area contributed by atoms with E-state index in [-0.39, 0.29) is 23.5 Å². The summed E-state index contributed by atoms with van der Waals surface area (Å²) in [7, 11) is -3.77. The number of ether oxygens (including phenoxy) is 2. The first kappa shape index (κ1) is 22.2. The van der Waals surface area contributed by atoms with E-state index in [9.17, 15) is 18.0 Å². The van der Waals surface area contributed by atoms with Crippen molar-refractivity contribution >= 4 is 26.9 Å². The Morgan fingerprint density at radius 1 is 1.03 bits per heavy atom. The van der Waals surface area contributed by atoms with E-state index in [4.69, 9.17) is 9.47 Å². The number of hydrogen-bond acceptors (Lipinski definition) is 6. The number of carbonyl (C=O) groups excluding carboxylic acids is 1. The number of morpholine rings is 1. The highest BCUT2D eigenvalue weighted by molar-refractivity contribution is 7.89. The number of sulfonamides is 1. The summed E-state index contributed by atoms with van der Waals surface area (Å²) in [6.45, 7) is 6.79. The van der Waals surface area contributed by atoms with Gasteiger partial charge in [0, 0.05) is 30.1 Å². The maximum Gasteiger partial charge on any atom is 0.344 e. The summed E-state index contributed by atoms with van der Waals surface area (Å²) in [6, 6.07) is 9.25. The molecule has 0 radical (unpaired) electrons.